The van der Waals surface area contributed by atoms with Crippen LogP contribution >= 0.6 is 0 Å². The zero-order chi connectivity index (χ0) is 12.1. The van der Waals surface area contributed by atoms with Crippen molar-refractivity contribution in [1.82, 2.24) is 10.2 Å². The second kappa shape index (κ2) is 5.71. The molecule has 0 spiro atoms. The number of carboxylic acid groups (broad SMARTS) is 1. The monoisotopic (exact) mass is 240 g/mol. The zero-order valence-electron chi connectivity index (χ0n) is 10.6. The molecule has 1 saturated heterocycles. The van der Waals surface area contributed by atoms with Crippen molar-refractivity contribution in [1.29, 1.82) is 0 Å². The van der Waals surface area contributed by atoms with E-state index >= 15 is 0 Å². The number of hydrogen-bond donors (Lipinski definition) is 2. The normalized spacial score (nSPS) is 25.4. The summed E-state index contributed by atoms with van der Waals surface area (Å²) in [6.45, 7) is 2.92. The van der Waals surface area contributed by atoms with E-state index in [0.29, 0.717) is 6.54 Å². The van der Waals surface area contributed by atoms with Crippen LogP contribution in [0.25, 0.3) is 0 Å². The van der Waals surface area contributed by atoms with Crippen LogP contribution in [0.4, 0.5) is 4.79 Å². The van der Waals surface area contributed by atoms with Crippen LogP contribution in [-0.2, 0) is 0 Å². The first kappa shape index (κ1) is 12.7. The molecule has 0 unspecified atom stereocenters. The van der Waals surface area contributed by atoms with Crippen LogP contribution in [0.1, 0.15) is 51.4 Å². The van der Waals surface area contributed by atoms with Crippen molar-refractivity contribution in [3.63, 3.8) is 0 Å². The van der Waals surface area contributed by atoms with E-state index in [-0.39, 0.29) is 5.54 Å². The Hall–Kier alpha value is -0.770. The van der Waals surface area contributed by atoms with Gasteiger partial charge in [-0.2, -0.15) is 0 Å². The van der Waals surface area contributed by atoms with Crippen molar-refractivity contribution in [2.24, 2.45) is 0 Å². The summed E-state index contributed by atoms with van der Waals surface area (Å²) in [5, 5.41) is 11.5. The molecule has 0 radical (unpaired) electrons. The Morgan fingerprint density at radius 1 is 1.06 bits per heavy atom. The summed E-state index contributed by atoms with van der Waals surface area (Å²) >= 11 is 0. The molecule has 98 valence electrons. The molecule has 2 rings (SSSR count). The Kier molecular flexibility index (Phi) is 4.26. The van der Waals surface area contributed by atoms with Crippen molar-refractivity contribution in [3.05, 3.63) is 0 Å². The lowest BCUT2D eigenvalue weighted by atomic mass is 9.79. The maximum absolute atomic E-state index is 10.7. The van der Waals surface area contributed by atoms with Crippen molar-refractivity contribution in [2.45, 2.75) is 56.9 Å². The van der Waals surface area contributed by atoms with Crippen molar-refractivity contribution >= 4 is 6.09 Å². The zero-order valence-corrected chi connectivity index (χ0v) is 10.6. The van der Waals surface area contributed by atoms with E-state index in [1.54, 1.807) is 0 Å². The van der Waals surface area contributed by atoms with Gasteiger partial charge in [-0.25, -0.2) is 4.79 Å². The number of amides is 1. The van der Waals surface area contributed by atoms with Crippen molar-refractivity contribution < 1.29 is 9.90 Å². The molecule has 0 aromatic rings. The van der Waals surface area contributed by atoms with Gasteiger partial charge in [0.05, 0.1) is 0 Å². The molecule has 1 heterocycles. The summed E-state index contributed by atoms with van der Waals surface area (Å²) in [4.78, 5) is 13.3. The van der Waals surface area contributed by atoms with Gasteiger partial charge in [0.2, 0.25) is 0 Å². The molecule has 1 aliphatic carbocycles. The minimum absolute atomic E-state index is 0.122. The molecule has 4 nitrogen and oxygen atoms in total. The van der Waals surface area contributed by atoms with Gasteiger partial charge in [0.25, 0.3) is 0 Å². The van der Waals surface area contributed by atoms with Gasteiger partial charge in [-0.1, -0.05) is 25.7 Å². The predicted molar refractivity (Wildman–Crippen MR) is 67.3 cm³/mol. The topological polar surface area (TPSA) is 52.6 Å². The summed E-state index contributed by atoms with van der Waals surface area (Å²) < 4.78 is 0. The van der Waals surface area contributed by atoms with Gasteiger partial charge < -0.3 is 10.4 Å². The van der Waals surface area contributed by atoms with E-state index < -0.39 is 6.09 Å². The number of nitrogens with zero attached hydrogens (tertiary/aromatic N) is 1. The highest BCUT2D eigenvalue weighted by Gasteiger charge is 2.38. The molecule has 0 atom stereocenters. The molecule has 1 amide bonds. The van der Waals surface area contributed by atoms with Crippen LogP contribution < -0.4 is 5.32 Å². The standard InChI is InChI=1S/C13H24N2O2/c16-12(17)14-11-13(7-3-1-4-8-13)15-9-5-2-6-10-15/h14H,1-11H2,(H,16,17). The molecule has 17 heavy (non-hydrogen) atoms. The average Bonchev–Trinajstić information content (AvgIpc) is 2.39. The molecule has 1 aliphatic heterocycles. The van der Waals surface area contributed by atoms with Crippen LogP contribution in [0, 0.1) is 0 Å². The fraction of sp³-hybridized carbons (Fsp3) is 0.923. The number of carbonyl (C=O) groups is 1. The molecule has 0 aromatic carbocycles. The van der Waals surface area contributed by atoms with Crippen molar-refractivity contribution in [3.8, 4) is 0 Å². The van der Waals surface area contributed by atoms with Crippen molar-refractivity contribution in [2.75, 3.05) is 19.6 Å². The molecule has 4 heteroatoms. The first-order valence-electron chi connectivity index (χ1n) is 6.95. The molecule has 2 N–H and O–H groups in total. The lowest BCUT2D eigenvalue weighted by Crippen LogP contribution is -2.58. The van der Waals surface area contributed by atoms with Gasteiger partial charge in [0.15, 0.2) is 0 Å². The van der Waals surface area contributed by atoms with E-state index in [1.165, 1.54) is 38.5 Å². The predicted octanol–water partition coefficient (Wildman–Crippen LogP) is 2.44. The first-order valence-corrected chi connectivity index (χ1v) is 6.95. The lowest BCUT2D eigenvalue weighted by molar-refractivity contribution is 0.0339. The fourth-order valence-electron chi connectivity index (χ4n) is 3.42. The molecule has 2 fully saturated rings. The number of nitrogens with one attached hydrogen (secondary N) is 1. The van der Waals surface area contributed by atoms with E-state index in [1.807, 2.05) is 0 Å². The Morgan fingerprint density at radius 3 is 2.24 bits per heavy atom. The smallest absolute Gasteiger partial charge is 0.404 e. The van der Waals surface area contributed by atoms with Gasteiger partial charge in [0, 0.05) is 12.1 Å². The largest absolute Gasteiger partial charge is 0.465 e. The van der Waals surface area contributed by atoms with Gasteiger partial charge in [-0.15, -0.1) is 0 Å². The summed E-state index contributed by atoms with van der Waals surface area (Å²) in [5.41, 5.74) is 0.122. The maximum Gasteiger partial charge on any atom is 0.404 e. The lowest BCUT2D eigenvalue weighted by Gasteiger charge is -2.48. The van der Waals surface area contributed by atoms with Crippen LogP contribution in [0.5, 0.6) is 0 Å². The average molecular weight is 240 g/mol. The van der Waals surface area contributed by atoms with Crippen LogP contribution in [0.2, 0.25) is 0 Å². The molecular weight excluding hydrogens is 216 g/mol. The highest BCUT2D eigenvalue weighted by Crippen LogP contribution is 2.35. The molecule has 0 bridgehead atoms. The van der Waals surface area contributed by atoms with Gasteiger partial charge >= 0.3 is 6.09 Å². The maximum atomic E-state index is 10.7. The SMILES string of the molecule is O=C(O)NCC1(N2CCCCC2)CCCCC1. The third-order valence-electron chi connectivity index (χ3n) is 4.38. The molecule has 0 aromatic heterocycles. The Balaban J connectivity index is 2.01. The van der Waals surface area contributed by atoms with E-state index in [2.05, 4.69) is 10.2 Å². The Labute approximate surface area is 103 Å². The summed E-state index contributed by atoms with van der Waals surface area (Å²) in [7, 11) is 0. The molecule has 2 aliphatic rings. The van der Waals surface area contributed by atoms with Crippen LogP contribution in [0.15, 0.2) is 0 Å². The fourth-order valence-corrected chi connectivity index (χ4v) is 3.42. The summed E-state index contributed by atoms with van der Waals surface area (Å²) in [5.74, 6) is 0. The van der Waals surface area contributed by atoms with Crippen LogP contribution in [-0.4, -0.2) is 41.3 Å². The minimum atomic E-state index is -0.882. The third-order valence-corrected chi connectivity index (χ3v) is 4.38. The van der Waals surface area contributed by atoms with E-state index in [4.69, 9.17) is 5.11 Å². The van der Waals surface area contributed by atoms with E-state index in [9.17, 15) is 4.79 Å². The Bertz CT molecular complexity index is 256. The van der Waals surface area contributed by atoms with Crippen LogP contribution in [0.3, 0.4) is 0 Å². The third kappa shape index (κ3) is 3.12. The summed E-state index contributed by atoms with van der Waals surface area (Å²) in [6, 6.07) is 0. The van der Waals surface area contributed by atoms with E-state index in [0.717, 1.165) is 25.9 Å². The number of piperidine rings is 1. The highest BCUT2D eigenvalue weighted by molar-refractivity contribution is 5.64. The minimum Gasteiger partial charge on any atom is -0.465 e. The number of likely N-dealkylation sites (tertiary alicyclic amines) is 1. The summed E-state index contributed by atoms with van der Waals surface area (Å²) in [6.07, 6.45) is 9.12. The first-order chi connectivity index (χ1) is 8.23. The molecule has 1 saturated carbocycles. The van der Waals surface area contributed by atoms with Gasteiger partial charge in [-0.3, -0.25) is 4.90 Å². The Morgan fingerprint density at radius 2 is 1.65 bits per heavy atom. The quantitative estimate of drug-likeness (QED) is 0.796. The molecular formula is C13H24N2O2. The number of hydrogen-bond acceptors (Lipinski definition) is 2. The second-order valence-corrected chi connectivity index (χ2v) is 5.49. The second-order valence-electron chi connectivity index (χ2n) is 5.49. The number of rotatable bonds is 3. The van der Waals surface area contributed by atoms with Gasteiger partial charge in [-0.05, 0) is 38.8 Å². The van der Waals surface area contributed by atoms with Gasteiger partial charge in [0.1, 0.15) is 0 Å². The highest BCUT2D eigenvalue weighted by atomic mass is 16.4.